The quantitative estimate of drug-likeness (QED) is 0.518. The molecule has 128 valence electrons. The lowest BCUT2D eigenvalue weighted by molar-refractivity contribution is 0.376. The van der Waals surface area contributed by atoms with Gasteiger partial charge in [0.1, 0.15) is 0 Å². The van der Waals surface area contributed by atoms with Crippen LogP contribution in [-0.4, -0.2) is 15.3 Å². The maximum atomic E-state index is 6.13. The van der Waals surface area contributed by atoms with E-state index in [1.54, 1.807) is 12.1 Å². The Bertz CT molecular complexity index is 919. The number of halogens is 3. The van der Waals surface area contributed by atoms with E-state index in [1.165, 1.54) is 0 Å². The second-order valence-corrected chi connectivity index (χ2v) is 7.01. The highest BCUT2D eigenvalue weighted by Crippen LogP contribution is 2.26. The van der Waals surface area contributed by atoms with Crippen LogP contribution in [0.15, 0.2) is 51.5 Å². The van der Waals surface area contributed by atoms with Crippen molar-refractivity contribution in [3.8, 4) is 11.4 Å². The summed E-state index contributed by atoms with van der Waals surface area (Å²) in [6, 6.07) is 12.8. The summed E-state index contributed by atoms with van der Waals surface area (Å²) in [4.78, 5) is 4.31. The van der Waals surface area contributed by atoms with Crippen molar-refractivity contribution in [1.29, 1.82) is 0 Å². The van der Waals surface area contributed by atoms with Gasteiger partial charge < -0.3 is 15.2 Å². The van der Waals surface area contributed by atoms with Crippen LogP contribution in [0.4, 0.5) is 5.69 Å². The molecule has 0 aliphatic carbocycles. The first-order chi connectivity index (χ1) is 12.0. The summed E-state index contributed by atoms with van der Waals surface area (Å²) in [5, 5.41) is 11.5. The van der Waals surface area contributed by atoms with Crippen LogP contribution in [0.25, 0.3) is 11.4 Å². The molecule has 0 atom stereocenters. The van der Waals surface area contributed by atoms with Gasteiger partial charge in [-0.05, 0) is 58.5 Å². The molecule has 0 fully saturated rings. The topological polar surface area (TPSA) is 63.0 Å². The van der Waals surface area contributed by atoms with Crippen LogP contribution in [-0.2, 0) is 6.54 Å². The first kappa shape index (κ1) is 18.1. The number of anilines is 1. The van der Waals surface area contributed by atoms with Crippen molar-refractivity contribution in [3.63, 3.8) is 0 Å². The Kier molecular flexibility index (Phi) is 5.90. The van der Waals surface area contributed by atoms with Crippen molar-refractivity contribution in [2.75, 3.05) is 5.32 Å². The molecule has 0 aliphatic rings. The summed E-state index contributed by atoms with van der Waals surface area (Å²) < 4.78 is 6.03. The summed E-state index contributed by atoms with van der Waals surface area (Å²) in [6.07, 6.45) is 0. The minimum Gasteiger partial charge on any atom is -0.353 e. The zero-order valence-electron chi connectivity index (χ0n) is 12.6. The molecule has 1 heterocycles. The molecule has 2 N–H and O–H groups in total. The summed E-state index contributed by atoms with van der Waals surface area (Å²) in [6.45, 7) is 0.285. The number of nitrogens with zero attached hydrogens (tertiary/aromatic N) is 2. The van der Waals surface area contributed by atoms with Gasteiger partial charge in [-0.3, -0.25) is 0 Å². The number of nitrogens with one attached hydrogen (secondary N) is 2. The van der Waals surface area contributed by atoms with Gasteiger partial charge in [-0.15, -0.1) is 0 Å². The highest BCUT2D eigenvalue weighted by molar-refractivity contribution is 9.10. The molecule has 1 aromatic heterocycles. The van der Waals surface area contributed by atoms with Gasteiger partial charge in [0.15, 0.2) is 5.11 Å². The molecule has 0 aliphatic heterocycles. The Labute approximate surface area is 167 Å². The third-order valence-corrected chi connectivity index (χ3v) is 4.97. The minimum atomic E-state index is 0.285. The van der Waals surface area contributed by atoms with E-state index in [0.717, 1.165) is 10.2 Å². The van der Waals surface area contributed by atoms with Crippen molar-refractivity contribution in [2.45, 2.75) is 6.54 Å². The standard InChI is InChI=1S/C16H11BrCl2N4OS/c17-11-6-5-9(7-13(11)19)21-16(25)20-8-14-22-15(23-24-14)10-3-1-2-4-12(10)18/h1-7H,8H2,(H2,20,21,25). The largest absolute Gasteiger partial charge is 0.353 e. The predicted molar refractivity (Wildman–Crippen MR) is 107 cm³/mol. The average Bonchev–Trinajstić information content (AvgIpc) is 3.05. The maximum absolute atomic E-state index is 6.13. The molecular weight excluding hydrogens is 447 g/mol. The third kappa shape index (κ3) is 4.70. The molecule has 9 heteroatoms. The lowest BCUT2D eigenvalue weighted by Gasteiger charge is -2.09. The first-order valence-corrected chi connectivity index (χ1v) is 9.06. The van der Waals surface area contributed by atoms with E-state index in [4.69, 9.17) is 39.9 Å². The van der Waals surface area contributed by atoms with Gasteiger partial charge in [0, 0.05) is 15.7 Å². The number of aromatic nitrogens is 2. The number of hydrogen-bond acceptors (Lipinski definition) is 4. The monoisotopic (exact) mass is 456 g/mol. The SMILES string of the molecule is S=C(NCc1nc(-c2ccccc2Cl)no1)Nc1ccc(Br)c(Cl)c1. The van der Waals surface area contributed by atoms with Crippen LogP contribution >= 0.6 is 51.3 Å². The van der Waals surface area contributed by atoms with Crippen LogP contribution in [0, 0.1) is 0 Å². The Morgan fingerprint density at radius 2 is 1.96 bits per heavy atom. The lowest BCUT2D eigenvalue weighted by atomic mass is 10.2. The highest BCUT2D eigenvalue weighted by atomic mass is 79.9. The zero-order chi connectivity index (χ0) is 17.8. The zero-order valence-corrected chi connectivity index (χ0v) is 16.5. The van der Waals surface area contributed by atoms with Gasteiger partial charge in [0.25, 0.3) is 0 Å². The molecule has 2 aromatic carbocycles. The van der Waals surface area contributed by atoms with Crippen LogP contribution < -0.4 is 10.6 Å². The molecule has 0 unspecified atom stereocenters. The Hall–Kier alpha value is -1.67. The van der Waals surface area contributed by atoms with Gasteiger partial charge in [0.2, 0.25) is 11.7 Å². The van der Waals surface area contributed by atoms with Crippen molar-refractivity contribution in [2.24, 2.45) is 0 Å². The van der Waals surface area contributed by atoms with Gasteiger partial charge in [-0.1, -0.05) is 40.5 Å². The van der Waals surface area contributed by atoms with Crippen molar-refractivity contribution >= 4 is 62.1 Å². The van der Waals surface area contributed by atoms with Crippen molar-refractivity contribution < 1.29 is 4.52 Å². The highest BCUT2D eigenvalue weighted by Gasteiger charge is 2.11. The lowest BCUT2D eigenvalue weighted by Crippen LogP contribution is -2.28. The normalized spacial score (nSPS) is 10.5. The van der Waals surface area contributed by atoms with Crippen molar-refractivity contribution in [3.05, 3.63) is 62.9 Å². The van der Waals surface area contributed by atoms with Crippen molar-refractivity contribution in [1.82, 2.24) is 15.5 Å². The molecule has 5 nitrogen and oxygen atoms in total. The van der Waals surface area contributed by atoms with Gasteiger partial charge >= 0.3 is 0 Å². The minimum absolute atomic E-state index is 0.285. The number of hydrogen-bond donors (Lipinski definition) is 2. The molecule has 0 bridgehead atoms. The molecule has 3 aromatic rings. The van der Waals surface area contributed by atoms with Gasteiger partial charge in [-0.2, -0.15) is 4.98 Å². The third-order valence-electron chi connectivity index (χ3n) is 3.16. The summed E-state index contributed by atoms with van der Waals surface area (Å²) in [7, 11) is 0. The van der Waals surface area contributed by atoms with E-state index < -0.39 is 0 Å². The second kappa shape index (κ2) is 8.14. The van der Waals surface area contributed by atoms with E-state index in [1.807, 2.05) is 30.3 Å². The smallest absolute Gasteiger partial charge is 0.246 e. The van der Waals surface area contributed by atoms with Crippen LogP contribution in [0.1, 0.15) is 5.89 Å². The predicted octanol–water partition coefficient (Wildman–Crippen LogP) is 5.29. The van der Waals surface area contributed by atoms with E-state index >= 15 is 0 Å². The van der Waals surface area contributed by atoms with Crippen LogP contribution in [0.5, 0.6) is 0 Å². The van der Waals surface area contributed by atoms with E-state index in [9.17, 15) is 0 Å². The van der Waals surface area contributed by atoms with Gasteiger partial charge in [0.05, 0.1) is 16.6 Å². The number of thiocarbonyl (C=S) groups is 1. The fourth-order valence-electron chi connectivity index (χ4n) is 1.98. The molecule has 3 rings (SSSR count). The maximum Gasteiger partial charge on any atom is 0.246 e. The summed E-state index contributed by atoms with van der Waals surface area (Å²) >= 11 is 20.8. The molecule has 25 heavy (non-hydrogen) atoms. The van der Waals surface area contributed by atoms with E-state index in [-0.39, 0.29) is 6.54 Å². The summed E-state index contributed by atoms with van der Waals surface area (Å²) in [5.74, 6) is 0.828. The van der Waals surface area contributed by atoms with E-state index in [0.29, 0.717) is 32.4 Å². The van der Waals surface area contributed by atoms with Gasteiger partial charge in [-0.25, -0.2) is 0 Å². The second-order valence-electron chi connectivity index (χ2n) is 4.93. The fourth-order valence-corrected chi connectivity index (χ4v) is 2.82. The molecule has 0 saturated carbocycles. The van der Waals surface area contributed by atoms with Crippen LogP contribution in [0.2, 0.25) is 10.0 Å². The molecule has 0 radical (unpaired) electrons. The van der Waals surface area contributed by atoms with E-state index in [2.05, 4.69) is 36.7 Å². The molecule has 0 saturated heterocycles. The average molecular weight is 458 g/mol. The molecule has 0 amide bonds. The first-order valence-electron chi connectivity index (χ1n) is 7.10. The summed E-state index contributed by atoms with van der Waals surface area (Å²) in [5.41, 5.74) is 1.48. The Morgan fingerprint density at radius 3 is 2.72 bits per heavy atom. The molecular formula is C16H11BrCl2N4OS. The Morgan fingerprint density at radius 1 is 1.16 bits per heavy atom. The number of benzene rings is 2. The van der Waals surface area contributed by atoms with Crippen LogP contribution in [0.3, 0.4) is 0 Å². The number of rotatable bonds is 4. The Balaban J connectivity index is 1.59. The fraction of sp³-hybridized carbons (Fsp3) is 0.0625. The molecule has 0 spiro atoms.